The largest absolute Gasteiger partial charge is 0.393 e. The van der Waals surface area contributed by atoms with Gasteiger partial charge < -0.3 is 5.11 Å². The lowest BCUT2D eigenvalue weighted by Crippen LogP contribution is -2.23. The lowest BCUT2D eigenvalue weighted by atomic mass is 10.0. The van der Waals surface area contributed by atoms with Crippen LogP contribution in [0.5, 0.6) is 0 Å². The molecule has 0 spiro atoms. The van der Waals surface area contributed by atoms with Crippen molar-refractivity contribution in [1.82, 2.24) is 9.88 Å². The molecule has 0 saturated carbocycles. The maximum Gasteiger partial charge on any atom is 0.0702 e. The zero-order valence-electron chi connectivity index (χ0n) is 12.4. The van der Waals surface area contributed by atoms with Crippen molar-refractivity contribution in [1.29, 1.82) is 0 Å². The van der Waals surface area contributed by atoms with E-state index in [0.717, 1.165) is 31.7 Å². The smallest absolute Gasteiger partial charge is 0.0702 e. The number of hydrogen-bond acceptors (Lipinski definition) is 3. The van der Waals surface area contributed by atoms with E-state index >= 15 is 0 Å². The Hall–Kier alpha value is -1.71. The van der Waals surface area contributed by atoms with Crippen LogP contribution in [0.3, 0.4) is 0 Å². The fourth-order valence-corrected chi connectivity index (χ4v) is 3.02. The summed E-state index contributed by atoms with van der Waals surface area (Å²) >= 11 is 0. The van der Waals surface area contributed by atoms with Crippen LogP contribution in [0.25, 0.3) is 11.3 Å². The second-order valence-electron chi connectivity index (χ2n) is 5.94. The molecule has 1 fully saturated rings. The Morgan fingerprint density at radius 3 is 2.90 bits per heavy atom. The summed E-state index contributed by atoms with van der Waals surface area (Å²) in [6.45, 7) is 4.91. The first kappa shape index (κ1) is 14.2. The summed E-state index contributed by atoms with van der Waals surface area (Å²) in [5.41, 5.74) is 3.49. The van der Waals surface area contributed by atoms with Crippen LogP contribution in [-0.4, -0.2) is 34.2 Å². The minimum absolute atomic E-state index is 0.199. The van der Waals surface area contributed by atoms with Crippen molar-refractivity contribution < 1.29 is 5.11 Å². The number of nitrogens with zero attached hydrogens (tertiary/aromatic N) is 2. The van der Waals surface area contributed by atoms with Gasteiger partial charge in [0.25, 0.3) is 0 Å². The predicted molar refractivity (Wildman–Crippen MR) is 84.7 cm³/mol. The minimum atomic E-state index is -0.199. The first-order valence-electron chi connectivity index (χ1n) is 7.63. The highest BCUT2D eigenvalue weighted by Gasteiger charge is 2.25. The lowest BCUT2D eigenvalue weighted by molar-refractivity contribution is 0.127. The molecular weight excluding hydrogens is 260 g/mol. The molecule has 0 radical (unpaired) electrons. The summed E-state index contributed by atoms with van der Waals surface area (Å²) in [7, 11) is 0. The van der Waals surface area contributed by atoms with Gasteiger partial charge in [0.05, 0.1) is 11.8 Å². The topological polar surface area (TPSA) is 36.4 Å². The Bertz CT molecular complexity index is 583. The molecule has 0 amide bonds. The van der Waals surface area contributed by atoms with Crippen LogP contribution < -0.4 is 0 Å². The van der Waals surface area contributed by atoms with E-state index in [1.165, 1.54) is 11.1 Å². The number of aromatic nitrogens is 1. The molecule has 0 aliphatic carbocycles. The van der Waals surface area contributed by atoms with E-state index in [2.05, 4.69) is 34.1 Å². The first-order valence-corrected chi connectivity index (χ1v) is 7.63. The van der Waals surface area contributed by atoms with Gasteiger partial charge in [-0.2, -0.15) is 0 Å². The van der Waals surface area contributed by atoms with E-state index in [9.17, 15) is 5.11 Å². The van der Waals surface area contributed by atoms with Crippen molar-refractivity contribution in [2.75, 3.05) is 13.1 Å². The molecule has 1 aromatic heterocycles. The summed E-state index contributed by atoms with van der Waals surface area (Å²) < 4.78 is 0. The molecule has 2 aromatic rings. The van der Waals surface area contributed by atoms with E-state index in [4.69, 9.17) is 0 Å². The molecule has 1 aliphatic heterocycles. The normalized spacial score (nSPS) is 20.6. The van der Waals surface area contributed by atoms with Crippen molar-refractivity contribution in [3.63, 3.8) is 0 Å². The van der Waals surface area contributed by atoms with Crippen LogP contribution >= 0.6 is 0 Å². The van der Waals surface area contributed by atoms with Crippen LogP contribution in [0.15, 0.2) is 48.7 Å². The molecule has 3 nitrogen and oxygen atoms in total. The average molecular weight is 282 g/mol. The zero-order valence-corrected chi connectivity index (χ0v) is 12.4. The number of aliphatic hydroxyl groups is 1. The Labute approximate surface area is 126 Å². The van der Waals surface area contributed by atoms with Gasteiger partial charge in [-0.3, -0.25) is 9.88 Å². The second-order valence-corrected chi connectivity index (χ2v) is 5.94. The molecule has 3 rings (SSSR count). The summed E-state index contributed by atoms with van der Waals surface area (Å²) in [6, 6.07) is 14.6. The molecule has 1 aromatic carbocycles. The van der Waals surface area contributed by atoms with Gasteiger partial charge >= 0.3 is 0 Å². The molecule has 0 bridgehead atoms. The fourth-order valence-electron chi connectivity index (χ4n) is 3.02. The molecule has 1 saturated heterocycles. The van der Waals surface area contributed by atoms with Crippen LogP contribution in [0.2, 0.25) is 0 Å². The number of benzene rings is 1. The third-order valence-electron chi connectivity index (χ3n) is 4.28. The number of hydrogen-bond donors (Lipinski definition) is 1. The summed E-state index contributed by atoms with van der Waals surface area (Å²) in [5, 5.41) is 9.69. The lowest BCUT2D eigenvalue weighted by Gasteiger charge is -2.17. The first-order chi connectivity index (χ1) is 10.2. The SMILES string of the molecule is CC(O)C1CCN(Cc2cccc(-c3ccccn3)c2)C1. The molecule has 3 heteroatoms. The Morgan fingerprint density at radius 2 is 2.19 bits per heavy atom. The number of aliphatic hydroxyl groups excluding tert-OH is 1. The Kier molecular flexibility index (Phi) is 4.32. The third kappa shape index (κ3) is 3.49. The van der Waals surface area contributed by atoms with Gasteiger partial charge in [0.15, 0.2) is 0 Å². The van der Waals surface area contributed by atoms with Crippen LogP contribution in [0.4, 0.5) is 0 Å². The molecule has 2 atom stereocenters. The van der Waals surface area contributed by atoms with Crippen molar-refractivity contribution >= 4 is 0 Å². The summed E-state index contributed by atoms with van der Waals surface area (Å²) in [4.78, 5) is 6.84. The van der Waals surface area contributed by atoms with Gasteiger partial charge in [-0.1, -0.05) is 24.3 Å². The molecule has 2 heterocycles. The summed E-state index contributed by atoms with van der Waals surface area (Å²) in [5.74, 6) is 0.420. The van der Waals surface area contributed by atoms with Crippen molar-refractivity contribution in [3.8, 4) is 11.3 Å². The van der Waals surface area contributed by atoms with Gasteiger partial charge in [0, 0.05) is 24.8 Å². The Balaban J connectivity index is 1.70. The van der Waals surface area contributed by atoms with Crippen molar-refractivity contribution in [2.45, 2.75) is 26.0 Å². The third-order valence-corrected chi connectivity index (χ3v) is 4.28. The molecule has 2 unspecified atom stereocenters. The van der Waals surface area contributed by atoms with Gasteiger partial charge in [-0.25, -0.2) is 0 Å². The van der Waals surface area contributed by atoms with Crippen molar-refractivity contribution in [3.05, 3.63) is 54.2 Å². The molecule has 21 heavy (non-hydrogen) atoms. The van der Waals surface area contributed by atoms with E-state index in [0.29, 0.717) is 5.92 Å². The highest BCUT2D eigenvalue weighted by Crippen LogP contribution is 2.23. The second kappa shape index (κ2) is 6.37. The zero-order chi connectivity index (χ0) is 14.7. The van der Waals surface area contributed by atoms with Gasteiger partial charge in [0.1, 0.15) is 0 Å². The van der Waals surface area contributed by atoms with Crippen LogP contribution in [-0.2, 0) is 6.54 Å². The number of likely N-dealkylation sites (tertiary alicyclic amines) is 1. The highest BCUT2D eigenvalue weighted by atomic mass is 16.3. The summed E-state index contributed by atoms with van der Waals surface area (Å²) in [6.07, 6.45) is 2.72. The van der Waals surface area contributed by atoms with Crippen LogP contribution in [0.1, 0.15) is 18.9 Å². The average Bonchev–Trinajstić information content (AvgIpc) is 2.97. The predicted octanol–water partition coefficient (Wildman–Crippen LogP) is 2.95. The van der Waals surface area contributed by atoms with E-state index < -0.39 is 0 Å². The minimum Gasteiger partial charge on any atom is -0.393 e. The van der Waals surface area contributed by atoms with Crippen molar-refractivity contribution in [2.24, 2.45) is 5.92 Å². The van der Waals surface area contributed by atoms with Gasteiger partial charge in [0.2, 0.25) is 0 Å². The number of rotatable bonds is 4. The highest BCUT2D eigenvalue weighted by molar-refractivity contribution is 5.59. The van der Waals surface area contributed by atoms with Crippen LogP contribution in [0, 0.1) is 5.92 Å². The maximum atomic E-state index is 9.69. The quantitative estimate of drug-likeness (QED) is 0.936. The standard InChI is InChI=1S/C18H22N2O/c1-14(21)17-8-10-20(13-17)12-15-5-4-6-16(11-15)18-7-2-3-9-19-18/h2-7,9,11,14,17,21H,8,10,12-13H2,1H3. The maximum absolute atomic E-state index is 9.69. The fraction of sp³-hybridized carbons (Fsp3) is 0.389. The van der Waals surface area contributed by atoms with E-state index in [1.807, 2.05) is 31.3 Å². The molecule has 1 N–H and O–H groups in total. The Morgan fingerprint density at radius 1 is 1.29 bits per heavy atom. The van der Waals surface area contributed by atoms with E-state index in [1.54, 1.807) is 0 Å². The molecule has 110 valence electrons. The molecular formula is C18H22N2O. The number of pyridine rings is 1. The monoisotopic (exact) mass is 282 g/mol. The molecule has 1 aliphatic rings. The van der Waals surface area contributed by atoms with Gasteiger partial charge in [-0.05, 0) is 49.6 Å². The van der Waals surface area contributed by atoms with Gasteiger partial charge in [-0.15, -0.1) is 0 Å². The van der Waals surface area contributed by atoms with E-state index in [-0.39, 0.29) is 6.10 Å².